The highest BCUT2D eigenvalue weighted by Gasteiger charge is 2.90. The molecule has 0 saturated heterocycles. The van der Waals surface area contributed by atoms with Crippen LogP contribution in [0.3, 0.4) is 0 Å². The largest absolute Gasteiger partial charge is 0.460 e. The van der Waals surface area contributed by atoms with Crippen LogP contribution in [0.5, 0.6) is 0 Å². The fourth-order valence-corrected chi connectivity index (χ4v) is 8.04. The second kappa shape index (κ2) is 29.0. The molecule has 0 saturated carbocycles. The van der Waals surface area contributed by atoms with E-state index in [4.69, 9.17) is 20.9 Å². The molecule has 1 rings (SSSR count). The number of nitrogens with one attached hydrogen (secondary N) is 5. The van der Waals surface area contributed by atoms with Crippen molar-refractivity contribution in [3.8, 4) is 0 Å². The molecule has 0 aliphatic rings. The lowest BCUT2D eigenvalue weighted by Gasteiger charge is -2.39. The summed E-state index contributed by atoms with van der Waals surface area (Å²) in [4.78, 5) is 108. The highest BCUT2D eigenvalue weighted by Crippen LogP contribution is 2.60. The first-order valence-electron chi connectivity index (χ1n) is 24.3. The number of primary amides is 1. The molecule has 0 aliphatic heterocycles. The number of H-pyrrole nitrogens is 1. The van der Waals surface area contributed by atoms with Crippen LogP contribution in [-0.4, -0.2) is 158 Å². The molecule has 0 aromatic carbocycles. The quantitative estimate of drug-likeness (QED) is 0.0332. The van der Waals surface area contributed by atoms with E-state index in [2.05, 4.69) is 25.9 Å². The van der Waals surface area contributed by atoms with E-state index >= 15 is 0 Å². The lowest BCUT2D eigenvalue weighted by Crippen LogP contribution is -2.70. The molecule has 1 heterocycles. The third-order valence-corrected chi connectivity index (χ3v) is 13.6. The molecule has 0 fully saturated rings. The monoisotopic (exact) mass is 1210 g/mol. The predicted octanol–water partition coefficient (Wildman–Crippen LogP) is 5.12. The van der Waals surface area contributed by atoms with Crippen LogP contribution in [0.2, 0.25) is 0 Å². The van der Waals surface area contributed by atoms with E-state index in [0.717, 1.165) is 4.72 Å². The van der Waals surface area contributed by atoms with Crippen molar-refractivity contribution in [3.05, 3.63) is 18.2 Å². The number of aromatic nitrogens is 2. The van der Waals surface area contributed by atoms with Crippen molar-refractivity contribution in [2.24, 2.45) is 28.2 Å². The Bertz CT molecular complexity index is 2430. The van der Waals surface area contributed by atoms with Crippen LogP contribution in [0.4, 0.5) is 57.1 Å². The SMILES string of the molecule is CC(C)(CC(=O)C(C)(C)CC(=O)C(C)(C)NC(=O)[C@@H](N)Cc1cnc[nH]1)C(=O)C[C@@H](CCCCNC(=O)COCCOCCNC(=O)CCCS(=O)(=O)NC(=O)CCC(F)(F)C(F)(F)C(F)(F)C(F)(F)C(F)(F)C(F)(F)F)C(N)=O.[HH].[HH].[HH]. The van der Waals surface area contributed by atoms with E-state index in [0.29, 0.717) is 18.5 Å². The molecule has 1 aromatic rings. The van der Waals surface area contributed by atoms with Gasteiger partial charge in [0.25, 0.3) is 0 Å². The van der Waals surface area contributed by atoms with Gasteiger partial charge in [0.05, 0.1) is 43.5 Å². The summed E-state index contributed by atoms with van der Waals surface area (Å²) in [5, 5.41) is 7.52. The molecule has 1 aromatic heterocycles. The first kappa shape index (κ1) is 72.5. The summed E-state index contributed by atoms with van der Waals surface area (Å²) in [5.41, 5.74) is 8.34. The van der Waals surface area contributed by atoms with E-state index in [1.807, 2.05) is 0 Å². The minimum Gasteiger partial charge on any atom is -0.377 e. The van der Waals surface area contributed by atoms with E-state index in [1.54, 1.807) is 27.7 Å². The van der Waals surface area contributed by atoms with Crippen LogP contribution in [0.15, 0.2) is 12.5 Å². The van der Waals surface area contributed by atoms with E-state index < -0.39 is 159 Å². The third-order valence-electron chi connectivity index (χ3n) is 12.2. The average molecular weight is 1210 g/mol. The maximum atomic E-state index is 13.9. The first-order chi connectivity index (χ1) is 36.2. The maximum absolute atomic E-state index is 13.9. The molecule has 34 heteroatoms. The Kier molecular flexibility index (Phi) is 26.2. The number of ether oxygens (including phenoxy) is 2. The number of sulfonamides is 1. The van der Waals surface area contributed by atoms with Gasteiger partial charge < -0.3 is 41.9 Å². The van der Waals surface area contributed by atoms with Gasteiger partial charge in [-0.3, -0.25) is 43.1 Å². The minimum absolute atomic E-state index is 0. The number of nitrogens with two attached hydrogens (primary N) is 2. The number of unbranched alkanes of at least 4 members (excludes halogenated alkanes) is 1. The van der Waals surface area contributed by atoms with Gasteiger partial charge >= 0.3 is 35.8 Å². The lowest BCUT2D eigenvalue weighted by molar-refractivity contribution is -0.440. The van der Waals surface area contributed by atoms with Gasteiger partial charge in [0.15, 0.2) is 5.78 Å². The summed E-state index contributed by atoms with van der Waals surface area (Å²) in [6.45, 7) is 8.49. The number of halogens is 13. The molecule has 0 bridgehead atoms. The number of alkyl halides is 13. The number of hydrogen-bond acceptors (Lipinski definition) is 14. The smallest absolute Gasteiger partial charge is 0.377 e. The molecule has 20 nitrogen and oxygen atoms in total. The topological polar surface area (TPSA) is 318 Å². The molecule has 80 heavy (non-hydrogen) atoms. The van der Waals surface area contributed by atoms with E-state index in [9.17, 15) is 104 Å². The summed E-state index contributed by atoms with van der Waals surface area (Å²) >= 11 is 0. The van der Waals surface area contributed by atoms with Crippen LogP contribution >= 0.6 is 0 Å². The zero-order valence-corrected chi connectivity index (χ0v) is 45.2. The summed E-state index contributed by atoms with van der Waals surface area (Å²) in [7, 11) is -4.87. The molecule has 5 amide bonds. The highest BCUT2D eigenvalue weighted by molar-refractivity contribution is 7.90. The summed E-state index contributed by atoms with van der Waals surface area (Å²) < 4.78 is 208. The van der Waals surface area contributed by atoms with Gasteiger partial charge in [-0.2, -0.15) is 57.1 Å². The first-order valence-corrected chi connectivity index (χ1v) is 26.0. The van der Waals surface area contributed by atoms with Gasteiger partial charge in [0.2, 0.25) is 39.6 Å². The fourth-order valence-electron chi connectivity index (χ4n) is 6.96. The fraction of sp³-hybridized carbons (Fsp3) is 0.761. The zero-order valence-electron chi connectivity index (χ0n) is 44.4. The van der Waals surface area contributed by atoms with Crippen molar-refractivity contribution >= 4 is 56.9 Å². The number of Topliss-reactive ketones (excluding diaryl/α,β-unsaturated/α-hetero) is 3. The van der Waals surface area contributed by atoms with E-state index in [-0.39, 0.29) is 69.3 Å². The van der Waals surface area contributed by atoms with Crippen molar-refractivity contribution in [3.63, 3.8) is 0 Å². The van der Waals surface area contributed by atoms with Gasteiger partial charge in [0, 0.05) is 91.0 Å². The van der Waals surface area contributed by atoms with Gasteiger partial charge in [0.1, 0.15) is 18.2 Å². The standard InChI is InChI=1S/C46H67F13N8O12S.3H2/c1-38(2,22-31(69)39(3,4)23-32(70)40(5,6)66-37(75)29(60)21-28-24-62-26-65-28)30(68)20-27(36(61)74)10-7-8-14-63-35(73)25-79-18-17-78-16-15-64-33(71)11-9-19-80(76,77)67-34(72)12-13-41(47,48)42(49,50)43(51,52)44(53,54)45(55,56)46(57,58)59;;;/h24,26-27,29H,7-23,25,60H2,1-6H3,(H2,61,74)(H,62,65)(H,63,73)(H,64,71)(H,66,75)(H,67,72);3*1H/t27-,29+;;;/m1.../s1. The molecule has 0 aliphatic carbocycles. The Balaban J connectivity index is -0.0000213. The Morgan fingerprint density at radius 3 is 1.79 bits per heavy atom. The molecular formula is C46H73F13N8O12S. The van der Waals surface area contributed by atoms with Gasteiger partial charge in [-0.05, 0) is 33.1 Å². The van der Waals surface area contributed by atoms with Crippen molar-refractivity contribution in [2.75, 3.05) is 45.3 Å². The third kappa shape index (κ3) is 21.1. The number of imidazole rings is 1. The van der Waals surface area contributed by atoms with Crippen molar-refractivity contribution in [2.45, 2.75) is 160 Å². The lowest BCUT2D eigenvalue weighted by atomic mass is 9.71. The number of carbonyl (C=O) groups is 8. The maximum Gasteiger partial charge on any atom is 0.460 e. The molecule has 0 radical (unpaired) electrons. The minimum atomic E-state index is -8.14. The number of nitrogens with zero attached hydrogens (tertiary/aromatic N) is 1. The number of rotatable bonds is 39. The van der Waals surface area contributed by atoms with Crippen molar-refractivity contribution in [1.82, 2.24) is 30.6 Å². The Morgan fingerprint density at radius 1 is 0.675 bits per heavy atom. The second-order valence-electron chi connectivity index (χ2n) is 20.5. The number of aromatic amines is 1. The zero-order chi connectivity index (χ0) is 62.1. The molecule has 0 unspecified atom stereocenters. The Labute approximate surface area is 455 Å². The van der Waals surface area contributed by atoms with Gasteiger partial charge in [-0.1, -0.05) is 34.1 Å². The number of carbonyl (C=O) groups excluding carboxylic acids is 8. The summed E-state index contributed by atoms with van der Waals surface area (Å²) in [6.07, 6.45) is -10.6. The normalized spacial score (nSPS) is 14.2. The molecular weight excluding hydrogens is 1140 g/mol. The highest BCUT2D eigenvalue weighted by atomic mass is 32.2. The summed E-state index contributed by atoms with van der Waals surface area (Å²) in [5.74, 6) is -46.4. The number of ketones is 3. The van der Waals surface area contributed by atoms with Crippen LogP contribution in [-0.2, 0) is 64.3 Å². The molecule has 0 spiro atoms. The van der Waals surface area contributed by atoms with Crippen molar-refractivity contribution in [1.29, 1.82) is 0 Å². The van der Waals surface area contributed by atoms with Crippen LogP contribution in [0.1, 0.15) is 116 Å². The van der Waals surface area contributed by atoms with Gasteiger partial charge in [-0.25, -0.2) is 13.4 Å². The van der Waals surface area contributed by atoms with Crippen LogP contribution in [0.25, 0.3) is 0 Å². The molecule has 466 valence electrons. The van der Waals surface area contributed by atoms with Crippen LogP contribution in [0, 0.1) is 16.7 Å². The molecule has 9 N–H and O–H groups in total. The van der Waals surface area contributed by atoms with Crippen molar-refractivity contribution < 1.29 is 118 Å². The number of hydrogen-bond donors (Lipinski definition) is 7. The predicted molar refractivity (Wildman–Crippen MR) is 261 cm³/mol. The Morgan fingerprint density at radius 2 is 1.23 bits per heavy atom. The second-order valence-corrected chi connectivity index (χ2v) is 22.3. The number of amides is 5. The van der Waals surface area contributed by atoms with Crippen LogP contribution < -0.4 is 32.1 Å². The van der Waals surface area contributed by atoms with E-state index in [1.165, 1.54) is 26.4 Å². The average Bonchev–Trinajstić information content (AvgIpc) is 3.82. The summed E-state index contributed by atoms with van der Waals surface area (Å²) in [6, 6.07) is -0.984. The Hall–Kier alpha value is -5.51. The van der Waals surface area contributed by atoms with Gasteiger partial charge in [-0.15, -0.1) is 0 Å². The molecule has 2 atom stereocenters.